The molecule has 0 aliphatic carbocycles. The first-order chi connectivity index (χ1) is 32.2. The Balaban J connectivity index is 1.84. The van der Waals surface area contributed by atoms with Crippen molar-refractivity contribution in [2.24, 2.45) is 23.7 Å². The molecule has 2 aromatic carbocycles. The van der Waals surface area contributed by atoms with E-state index in [0.29, 0.717) is 31.4 Å². The van der Waals surface area contributed by atoms with E-state index in [2.05, 4.69) is 10.6 Å². The van der Waals surface area contributed by atoms with E-state index in [1.54, 1.807) is 59.4 Å². The summed E-state index contributed by atoms with van der Waals surface area (Å²) in [7, 11) is 3.53. The smallest absolute Gasteiger partial charge is 0.379 e. The van der Waals surface area contributed by atoms with Crippen LogP contribution < -0.4 is 20.7 Å². The van der Waals surface area contributed by atoms with Crippen molar-refractivity contribution in [1.82, 2.24) is 30.1 Å². The number of likely N-dealkylation sites (tertiary alicyclic amines) is 1. The van der Waals surface area contributed by atoms with Crippen molar-refractivity contribution in [2.75, 3.05) is 47.2 Å². The number of hydrogen-bond donors (Lipinski definition) is 4. The van der Waals surface area contributed by atoms with Gasteiger partial charge in [0.05, 0.1) is 47.6 Å². The number of likely N-dealkylation sites (N-methyl/N-ethyl adjacent to an activating group) is 2. The molecule has 1 fully saturated rings. The quantitative estimate of drug-likeness (QED) is 0.116. The fraction of sp³-hybridized carbons (Fsp3) is 0.625. The molecule has 386 valence electrons. The summed E-state index contributed by atoms with van der Waals surface area (Å²) in [6.07, 6.45) is -5.39. The van der Waals surface area contributed by atoms with E-state index in [1.807, 2.05) is 65.3 Å². The van der Waals surface area contributed by atoms with Crippen molar-refractivity contribution >= 4 is 51.2 Å². The van der Waals surface area contributed by atoms with Gasteiger partial charge < -0.3 is 35.2 Å². The molecule has 0 spiro atoms. The maximum atomic E-state index is 14.4. The zero-order valence-corrected chi connectivity index (χ0v) is 42.6. The third kappa shape index (κ3) is 15.7. The summed E-state index contributed by atoms with van der Waals surface area (Å²) in [4.78, 5) is 86.0. The van der Waals surface area contributed by atoms with Crippen LogP contribution in [0.4, 0.5) is 18.9 Å². The Morgan fingerprint density at radius 3 is 1.94 bits per heavy atom. The molecule has 69 heavy (non-hydrogen) atoms. The number of carbonyl (C=O) groups excluding carboxylic acids is 6. The SMILES string of the molecule is CC[C@H](C)[C@@H]([C@@H](CC(=O)N1CCC[C@H]1[C@H](OC)[C@@H](C)C(=O)N[C@@H](Cc1ccccc1)C(=O)NS(=O)(=O)c1ccc(NC(=O)C(F)(F)F)cc1)OC)N(C)C(=O)[C@@H](NC(=O)[C@H](C(C)C)N(C)C)C(C)C. The summed E-state index contributed by atoms with van der Waals surface area (Å²) in [5, 5.41) is 7.28. The summed E-state index contributed by atoms with van der Waals surface area (Å²) < 4.78 is 78.8. The first-order valence-electron chi connectivity index (χ1n) is 23.2. The lowest BCUT2D eigenvalue weighted by Crippen LogP contribution is -2.59. The van der Waals surface area contributed by atoms with Gasteiger partial charge in [-0.2, -0.15) is 13.2 Å². The number of hydrogen-bond acceptors (Lipinski definition) is 11. The van der Waals surface area contributed by atoms with E-state index in [9.17, 15) is 50.4 Å². The second-order valence-electron chi connectivity index (χ2n) is 18.7. The molecule has 6 amide bonds. The number of ether oxygens (including phenoxy) is 2. The van der Waals surface area contributed by atoms with Gasteiger partial charge in [-0.15, -0.1) is 0 Å². The van der Waals surface area contributed by atoms with Gasteiger partial charge in [0.25, 0.3) is 15.9 Å². The van der Waals surface area contributed by atoms with Crippen molar-refractivity contribution in [3.8, 4) is 0 Å². The first kappa shape index (κ1) is 58.2. The average molecular weight is 996 g/mol. The van der Waals surface area contributed by atoms with Crippen LogP contribution in [0.25, 0.3) is 0 Å². The molecule has 0 aromatic heterocycles. The molecule has 4 N–H and O–H groups in total. The Kier molecular flexibility index (Phi) is 21.6. The molecular weight excluding hydrogens is 924 g/mol. The molecular formula is C48H72F3N7O10S. The van der Waals surface area contributed by atoms with Crippen LogP contribution in [0.15, 0.2) is 59.5 Å². The van der Waals surface area contributed by atoms with Crippen LogP contribution in [0.3, 0.4) is 0 Å². The van der Waals surface area contributed by atoms with Gasteiger partial charge in [0.1, 0.15) is 12.1 Å². The van der Waals surface area contributed by atoms with Gasteiger partial charge in [-0.3, -0.25) is 33.7 Å². The molecule has 1 aliphatic rings. The minimum absolute atomic E-state index is 0.0175. The predicted molar refractivity (Wildman–Crippen MR) is 254 cm³/mol. The average Bonchev–Trinajstić information content (AvgIpc) is 3.77. The number of rotatable bonds is 24. The minimum Gasteiger partial charge on any atom is -0.379 e. The zero-order chi connectivity index (χ0) is 52.1. The molecule has 9 atom stereocenters. The van der Waals surface area contributed by atoms with Crippen LogP contribution in [-0.4, -0.2) is 149 Å². The highest BCUT2D eigenvalue weighted by Crippen LogP contribution is 2.30. The van der Waals surface area contributed by atoms with E-state index in [4.69, 9.17) is 9.47 Å². The molecule has 0 radical (unpaired) electrons. The Bertz CT molecular complexity index is 2150. The van der Waals surface area contributed by atoms with E-state index in [1.165, 1.54) is 14.2 Å². The summed E-state index contributed by atoms with van der Waals surface area (Å²) in [5.41, 5.74) is 0.237. The third-order valence-corrected chi connectivity index (χ3v) is 14.1. The van der Waals surface area contributed by atoms with Crippen molar-refractivity contribution in [3.05, 3.63) is 60.2 Å². The normalized spacial score (nSPS) is 17.8. The second kappa shape index (κ2) is 25.7. The molecule has 0 saturated carbocycles. The monoisotopic (exact) mass is 996 g/mol. The molecule has 1 heterocycles. The number of benzene rings is 2. The van der Waals surface area contributed by atoms with Crippen LogP contribution in [0, 0.1) is 23.7 Å². The number of carbonyl (C=O) groups is 6. The van der Waals surface area contributed by atoms with Gasteiger partial charge in [-0.25, -0.2) is 13.1 Å². The fourth-order valence-corrected chi connectivity index (χ4v) is 9.97. The largest absolute Gasteiger partial charge is 0.471 e. The first-order valence-corrected chi connectivity index (χ1v) is 24.7. The minimum atomic E-state index is -5.18. The maximum Gasteiger partial charge on any atom is 0.471 e. The Labute approximate surface area is 405 Å². The Morgan fingerprint density at radius 1 is 0.826 bits per heavy atom. The van der Waals surface area contributed by atoms with E-state index < -0.39 is 87.2 Å². The van der Waals surface area contributed by atoms with Crippen LogP contribution >= 0.6 is 0 Å². The number of nitrogens with zero attached hydrogens (tertiary/aromatic N) is 3. The zero-order valence-electron chi connectivity index (χ0n) is 41.8. The summed E-state index contributed by atoms with van der Waals surface area (Å²) in [6.45, 7) is 13.5. The Morgan fingerprint density at radius 2 is 1.43 bits per heavy atom. The van der Waals surface area contributed by atoms with E-state index >= 15 is 0 Å². The topological polar surface area (TPSA) is 213 Å². The van der Waals surface area contributed by atoms with Crippen LogP contribution in [0.1, 0.15) is 79.7 Å². The number of anilines is 1. The fourth-order valence-electron chi connectivity index (χ4n) is 8.96. The molecule has 0 unspecified atom stereocenters. The van der Waals surface area contributed by atoms with Gasteiger partial charge in [-0.1, -0.05) is 85.2 Å². The van der Waals surface area contributed by atoms with Crippen molar-refractivity contribution in [3.63, 3.8) is 0 Å². The van der Waals surface area contributed by atoms with Crippen LogP contribution in [0.2, 0.25) is 0 Å². The van der Waals surface area contributed by atoms with Crippen molar-refractivity contribution in [2.45, 2.75) is 134 Å². The lowest BCUT2D eigenvalue weighted by molar-refractivity contribution is -0.167. The van der Waals surface area contributed by atoms with Crippen molar-refractivity contribution < 1.29 is 59.8 Å². The number of amides is 6. The number of nitrogens with one attached hydrogen (secondary N) is 4. The molecule has 2 aromatic rings. The number of alkyl halides is 3. The highest BCUT2D eigenvalue weighted by atomic mass is 32.2. The number of halogens is 3. The second-order valence-corrected chi connectivity index (χ2v) is 20.4. The standard InChI is InChI=1S/C48H72F3N7O10S/c1-13-30(6)41(57(10)46(63)39(28(2)3)54-45(62)40(29(4)5)56(8)9)37(67-11)27-38(59)58-25-17-20-36(58)42(68-12)31(7)43(60)53-35(26-32-18-15-14-16-19-32)44(61)55-69(65,66)34-23-21-33(22-24-34)52-47(64)48(49,50)51/h14-16,18-19,21-24,28-31,35-37,39-42H,13,17,20,25-27H2,1-12H3,(H,52,64)(H,53,60)(H,54,62)(H,55,61)/t30-,31+,35-,36-,37+,39-,40-,41-,42+/m0/s1. The van der Waals surface area contributed by atoms with Gasteiger partial charge >= 0.3 is 12.1 Å². The molecule has 21 heteroatoms. The number of methoxy groups -OCH3 is 2. The summed E-state index contributed by atoms with van der Waals surface area (Å²) in [5.74, 6) is -6.32. The molecule has 0 bridgehead atoms. The van der Waals surface area contributed by atoms with E-state index in [-0.39, 0.29) is 54.0 Å². The number of sulfonamides is 1. The summed E-state index contributed by atoms with van der Waals surface area (Å²) in [6, 6.07) is 8.22. The van der Waals surface area contributed by atoms with E-state index in [0.717, 1.165) is 24.3 Å². The van der Waals surface area contributed by atoms with Crippen molar-refractivity contribution in [1.29, 1.82) is 0 Å². The van der Waals surface area contributed by atoms with Gasteiger partial charge in [0.2, 0.25) is 23.6 Å². The lowest BCUT2D eigenvalue weighted by Gasteiger charge is -2.41. The van der Waals surface area contributed by atoms with Crippen LogP contribution in [0.5, 0.6) is 0 Å². The van der Waals surface area contributed by atoms with Gasteiger partial charge in [0, 0.05) is 39.9 Å². The van der Waals surface area contributed by atoms with Gasteiger partial charge in [0.15, 0.2) is 0 Å². The van der Waals surface area contributed by atoms with Crippen LogP contribution in [-0.2, 0) is 54.7 Å². The third-order valence-electron chi connectivity index (χ3n) is 12.8. The lowest BCUT2D eigenvalue weighted by atomic mass is 9.89. The molecule has 17 nitrogen and oxygen atoms in total. The highest BCUT2D eigenvalue weighted by molar-refractivity contribution is 7.90. The van der Waals surface area contributed by atoms with Gasteiger partial charge in [-0.05, 0) is 74.5 Å². The summed E-state index contributed by atoms with van der Waals surface area (Å²) >= 11 is 0. The maximum absolute atomic E-state index is 14.4. The predicted octanol–water partition coefficient (Wildman–Crippen LogP) is 4.37. The Hall–Kier alpha value is -5.12. The molecule has 1 aliphatic heterocycles. The molecule has 1 saturated heterocycles. The highest BCUT2D eigenvalue weighted by Gasteiger charge is 2.44. The molecule has 3 rings (SSSR count).